The van der Waals surface area contributed by atoms with Gasteiger partial charge >= 0.3 is 0 Å². The maximum Gasteiger partial charge on any atom is 0.125 e. The van der Waals surface area contributed by atoms with Gasteiger partial charge in [-0.05, 0) is 44.1 Å². The van der Waals surface area contributed by atoms with Crippen molar-refractivity contribution in [2.45, 2.75) is 64.6 Å². The Balaban J connectivity index is 1.99. The Hall–Kier alpha value is -1.02. The zero-order chi connectivity index (χ0) is 13.7. The van der Waals surface area contributed by atoms with Gasteiger partial charge in [-0.25, -0.2) is 0 Å². The molecule has 19 heavy (non-hydrogen) atoms. The highest BCUT2D eigenvalue weighted by Gasteiger charge is 2.22. The first-order valence-electron chi connectivity index (χ1n) is 7.68. The second kappa shape index (κ2) is 6.95. The van der Waals surface area contributed by atoms with E-state index in [-0.39, 0.29) is 0 Å². The van der Waals surface area contributed by atoms with E-state index in [9.17, 15) is 5.11 Å². The number of aliphatic hydroxyl groups is 1. The molecule has 1 aliphatic rings. The Kier molecular flexibility index (Phi) is 5.26. The fourth-order valence-corrected chi connectivity index (χ4v) is 2.92. The normalized spacial score (nSPS) is 25.0. The van der Waals surface area contributed by atoms with Gasteiger partial charge in [0.2, 0.25) is 0 Å². The van der Waals surface area contributed by atoms with Gasteiger partial charge in [-0.2, -0.15) is 0 Å². The molecule has 0 aromatic heterocycles. The van der Waals surface area contributed by atoms with Gasteiger partial charge in [-0.15, -0.1) is 0 Å². The molecule has 1 aromatic rings. The topological polar surface area (TPSA) is 29.5 Å². The van der Waals surface area contributed by atoms with Crippen LogP contribution in [0.1, 0.15) is 64.0 Å². The second-order valence-electron chi connectivity index (χ2n) is 5.63. The first-order valence-corrected chi connectivity index (χ1v) is 7.68. The molecular formula is C17H26O2. The van der Waals surface area contributed by atoms with Crippen LogP contribution in [0.4, 0.5) is 0 Å². The molecule has 2 rings (SSSR count). The molecule has 0 heterocycles. The minimum Gasteiger partial charge on any atom is -0.490 e. The average molecular weight is 262 g/mol. The summed E-state index contributed by atoms with van der Waals surface area (Å²) in [4.78, 5) is 0. The summed E-state index contributed by atoms with van der Waals surface area (Å²) in [6, 6.07) is 7.91. The molecule has 0 amide bonds. The van der Waals surface area contributed by atoms with Gasteiger partial charge in [-0.3, -0.25) is 0 Å². The van der Waals surface area contributed by atoms with Crippen LogP contribution in [0.15, 0.2) is 24.3 Å². The van der Waals surface area contributed by atoms with Gasteiger partial charge in [0.25, 0.3) is 0 Å². The standard InChI is InChI=1S/C17H26O2/c1-3-13-9-11-14(12-10-13)19-17-8-6-5-7-15(17)16(18)4-2/h5-8,13-14,16,18H,3-4,9-12H2,1-2H3/t13?,14?,16-/m1/s1. The summed E-state index contributed by atoms with van der Waals surface area (Å²) in [6.45, 7) is 4.27. The third kappa shape index (κ3) is 3.73. The molecule has 1 N–H and O–H groups in total. The van der Waals surface area contributed by atoms with Crippen LogP contribution < -0.4 is 4.74 Å². The summed E-state index contributed by atoms with van der Waals surface area (Å²) in [6.07, 6.45) is 6.78. The molecule has 0 aliphatic heterocycles. The molecular weight excluding hydrogens is 236 g/mol. The first-order chi connectivity index (χ1) is 9.24. The number of rotatable bonds is 5. The Morgan fingerprint density at radius 2 is 1.84 bits per heavy atom. The van der Waals surface area contributed by atoms with Crippen molar-refractivity contribution in [3.05, 3.63) is 29.8 Å². The van der Waals surface area contributed by atoms with E-state index in [1.54, 1.807) is 0 Å². The molecule has 1 atom stereocenters. The first kappa shape index (κ1) is 14.4. The molecule has 1 saturated carbocycles. The second-order valence-corrected chi connectivity index (χ2v) is 5.63. The Labute approximate surface area is 116 Å². The van der Waals surface area contributed by atoms with Crippen LogP contribution in [-0.4, -0.2) is 11.2 Å². The molecule has 0 spiro atoms. The van der Waals surface area contributed by atoms with Crippen LogP contribution in [0.25, 0.3) is 0 Å². The lowest BCUT2D eigenvalue weighted by atomic mass is 9.86. The molecule has 2 heteroatoms. The molecule has 0 bridgehead atoms. The molecule has 2 nitrogen and oxygen atoms in total. The lowest BCUT2D eigenvalue weighted by Gasteiger charge is -2.29. The van der Waals surface area contributed by atoms with Crippen LogP contribution in [0.2, 0.25) is 0 Å². The predicted molar refractivity (Wildman–Crippen MR) is 78.4 cm³/mol. The van der Waals surface area contributed by atoms with Gasteiger partial charge < -0.3 is 9.84 Å². The summed E-state index contributed by atoms with van der Waals surface area (Å²) in [5.74, 6) is 1.76. The molecule has 0 radical (unpaired) electrons. The van der Waals surface area contributed by atoms with Crippen molar-refractivity contribution in [1.29, 1.82) is 0 Å². The van der Waals surface area contributed by atoms with E-state index < -0.39 is 6.10 Å². The number of ether oxygens (including phenoxy) is 1. The van der Waals surface area contributed by atoms with E-state index in [0.717, 1.165) is 36.5 Å². The zero-order valence-corrected chi connectivity index (χ0v) is 12.1. The van der Waals surface area contributed by atoms with Crippen LogP contribution in [0.5, 0.6) is 5.75 Å². The van der Waals surface area contributed by atoms with E-state index in [4.69, 9.17) is 4.74 Å². The van der Waals surface area contributed by atoms with E-state index in [1.807, 2.05) is 31.2 Å². The minimum atomic E-state index is -0.414. The smallest absolute Gasteiger partial charge is 0.125 e. The number of hydrogen-bond acceptors (Lipinski definition) is 2. The van der Waals surface area contributed by atoms with Crippen molar-refractivity contribution in [3.8, 4) is 5.75 Å². The largest absolute Gasteiger partial charge is 0.490 e. The van der Waals surface area contributed by atoms with Gasteiger partial charge in [0.1, 0.15) is 5.75 Å². The SMILES string of the molecule is CCC1CCC(Oc2ccccc2[C@H](O)CC)CC1. The minimum absolute atomic E-state index is 0.327. The number of hydrogen-bond donors (Lipinski definition) is 1. The van der Waals surface area contributed by atoms with Crippen molar-refractivity contribution in [1.82, 2.24) is 0 Å². The van der Waals surface area contributed by atoms with Crippen molar-refractivity contribution in [2.24, 2.45) is 5.92 Å². The molecule has 1 aliphatic carbocycles. The van der Waals surface area contributed by atoms with E-state index in [0.29, 0.717) is 6.10 Å². The Morgan fingerprint density at radius 3 is 2.47 bits per heavy atom. The summed E-state index contributed by atoms with van der Waals surface area (Å²) in [7, 11) is 0. The Morgan fingerprint density at radius 1 is 1.16 bits per heavy atom. The quantitative estimate of drug-likeness (QED) is 0.848. The molecule has 1 aromatic carbocycles. The highest BCUT2D eigenvalue weighted by molar-refractivity contribution is 5.35. The number of para-hydroxylation sites is 1. The molecule has 1 fully saturated rings. The molecule has 0 unspecified atom stereocenters. The predicted octanol–water partition coefficient (Wildman–Crippen LogP) is 4.48. The summed E-state index contributed by atoms with van der Waals surface area (Å²) < 4.78 is 6.14. The van der Waals surface area contributed by atoms with Gasteiger partial charge in [0.15, 0.2) is 0 Å². The maximum atomic E-state index is 10.0. The summed E-state index contributed by atoms with van der Waals surface area (Å²) in [5.41, 5.74) is 0.933. The zero-order valence-electron chi connectivity index (χ0n) is 12.1. The van der Waals surface area contributed by atoms with Gasteiger partial charge in [0.05, 0.1) is 12.2 Å². The third-order valence-corrected chi connectivity index (χ3v) is 4.33. The van der Waals surface area contributed by atoms with Crippen molar-refractivity contribution >= 4 is 0 Å². The molecule has 106 valence electrons. The van der Waals surface area contributed by atoms with E-state index >= 15 is 0 Å². The Bertz CT molecular complexity index is 381. The number of benzene rings is 1. The van der Waals surface area contributed by atoms with E-state index in [1.165, 1.54) is 19.3 Å². The average Bonchev–Trinajstić information content (AvgIpc) is 2.48. The van der Waals surface area contributed by atoms with Crippen LogP contribution in [0, 0.1) is 5.92 Å². The summed E-state index contributed by atoms with van der Waals surface area (Å²) >= 11 is 0. The highest BCUT2D eigenvalue weighted by atomic mass is 16.5. The molecule has 0 saturated heterocycles. The fraction of sp³-hybridized carbons (Fsp3) is 0.647. The lowest BCUT2D eigenvalue weighted by molar-refractivity contribution is 0.119. The maximum absolute atomic E-state index is 10.0. The van der Waals surface area contributed by atoms with Gasteiger partial charge in [-0.1, -0.05) is 38.5 Å². The van der Waals surface area contributed by atoms with Crippen LogP contribution in [-0.2, 0) is 0 Å². The monoisotopic (exact) mass is 262 g/mol. The lowest BCUT2D eigenvalue weighted by Crippen LogP contribution is -2.24. The van der Waals surface area contributed by atoms with Crippen molar-refractivity contribution in [2.75, 3.05) is 0 Å². The number of aliphatic hydroxyl groups excluding tert-OH is 1. The highest BCUT2D eigenvalue weighted by Crippen LogP contribution is 2.32. The summed E-state index contributed by atoms with van der Waals surface area (Å²) in [5, 5.41) is 10.0. The third-order valence-electron chi connectivity index (χ3n) is 4.33. The fourth-order valence-electron chi connectivity index (χ4n) is 2.92. The van der Waals surface area contributed by atoms with Crippen molar-refractivity contribution < 1.29 is 9.84 Å². The van der Waals surface area contributed by atoms with Crippen molar-refractivity contribution in [3.63, 3.8) is 0 Å². The van der Waals surface area contributed by atoms with Crippen LogP contribution >= 0.6 is 0 Å². The van der Waals surface area contributed by atoms with Gasteiger partial charge in [0, 0.05) is 5.56 Å². The van der Waals surface area contributed by atoms with E-state index in [2.05, 4.69) is 6.92 Å². The van der Waals surface area contributed by atoms with Crippen LogP contribution in [0.3, 0.4) is 0 Å².